The molecular weight excluding hydrogens is 1210 g/mol. The van der Waals surface area contributed by atoms with Crippen LogP contribution in [0.25, 0.3) is 0 Å². The number of carbonyl (C=O) groups is 3. The second-order valence-electron chi connectivity index (χ2n) is 24.9. The van der Waals surface area contributed by atoms with E-state index in [0.717, 1.165) is 135 Å². The molecule has 2 rings (SSSR count). The molecule has 12 N–H and O–H groups in total. The summed E-state index contributed by atoms with van der Waals surface area (Å²) in [7, 11) is -9.93. The van der Waals surface area contributed by atoms with Gasteiger partial charge in [-0.2, -0.15) is 0 Å². The van der Waals surface area contributed by atoms with Gasteiger partial charge in [-0.25, -0.2) is 9.13 Å². The van der Waals surface area contributed by atoms with Crippen molar-refractivity contribution in [2.24, 2.45) is 5.73 Å². The van der Waals surface area contributed by atoms with Gasteiger partial charge in [-0.3, -0.25) is 28.0 Å². The Labute approximate surface area is 539 Å². The van der Waals surface area contributed by atoms with Crippen molar-refractivity contribution in [1.29, 1.82) is 0 Å². The number of carbonyl (C=O) groups excluding carboxylic acids is 3. The molecule has 2 aliphatic rings. The third-order valence-electron chi connectivity index (χ3n) is 16.8. The fourth-order valence-corrected chi connectivity index (χ4v) is 12.8. The molecule has 2 heterocycles. The van der Waals surface area contributed by atoms with Crippen LogP contribution >= 0.6 is 15.6 Å². The molecule has 2 aliphatic heterocycles. The van der Waals surface area contributed by atoms with E-state index >= 15 is 0 Å². The first-order valence-corrected chi connectivity index (χ1v) is 38.0. The van der Waals surface area contributed by atoms with Gasteiger partial charge < -0.3 is 80.3 Å². The zero-order chi connectivity index (χ0) is 66.3. The molecule has 0 saturated carbocycles. The fraction of sp³-hybridized carbons (Fsp3) is 0.953. The van der Waals surface area contributed by atoms with Crippen LogP contribution in [-0.2, 0) is 60.8 Å². The topological polar surface area (TPSA) is 371 Å². The van der Waals surface area contributed by atoms with E-state index in [4.69, 9.17) is 43.0 Å². The summed E-state index contributed by atoms with van der Waals surface area (Å²) in [5.74, 6) is -1.92. The molecule has 0 radical (unpaired) electrons. The maximum absolute atomic E-state index is 14.1. The van der Waals surface area contributed by atoms with Gasteiger partial charge in [0.05, 0.1) is 52.0 Å². The number of aliphatic hydroxyl groups is 5. The smallest absolute Gasteiger partial charge is 0.462 e. The Morgan fingerprint density at radius 3 is 1.46 bits per heavy atom. The molecular formula is C64H125N3O21P2. The molecule has 90 heavy (non-hydrogen) atoms. The third-order valence-corrected chi connectivity index (χ3v) is 18.3. The molecule has 26 heteroatoms. The van der Waals surface area contributed by atoms with Crippen LogP contribution in [0.3, 0.4) is 0 Å². The molecule has 1 unspecified atom stereocenters. The first-order chi connectivity index (χ1) is 43.3. The predicted molar refractivity (Wildman–Crippen MR) is 343 cm³/mol. The molecule has 0 aromatic heterocycles. The van der Waals surface area contributed by atoms with Gasteiger partial charge >= 0.3 is 21.6 Å². The van der Waals surface area contributed by atoms with Crippen LogP contribution in [0.15, 0.2) is 0 Å². The van der Waals surface area contributed by atoms with Crippen LogP contribution in [-0.4, -0.2) is 171 Å². The van der Waals surface area contributed by atoms with Crippen molar-refractivity contribution >= 4 is 33.4 Å². The van der Waals surface area contributed by atoms with Crippen molar-refractivity contribution < 1.29 is 101 Å². The monoisotopic (exact) mass is 1330 g/mol. The lowest BCUT2D eigenvalue weighted by Crippen LogP contribution is -2.67. The normalized spacial score (nSPS) is 23.5. The summed E-state index contributed by atoms with van der Waals surface area (Å²) in [5.41, 5.74) is 5.57. The van der Waals surface area contributed by atoms with E-state index < -0.39 is 133 Å². The summed E-state index contributed by atoms with van der Waals surface area (Å²) in [6, 6.07) is -3.19. The van der Waals surface area contributed by atoms with E-state index in [-0.39, 0.29) is 25.9 Å². The molecule has 13 atom stereocenters. The van der Waals surface area contributed by atoms with Crippen LogP contribution < -0.4 is 16.4 Å². The Balaban J connectivity index is 2.28. The highest BCUT2D eigenvalue weighted by molar-refractivity contribution is 7.47. The Morgan fingerprint density at radius 2 is 0.944 bits per heavy atom. The summed E-state index contributed by atoms with van der Waals surface area (Å²) >= 11 is 0. The van der Waals surface area contributed by atoms with Crippen molar-refractivity contribution in [3.05, 3.63) is 0 Å². The fourth-order valence-electron chi connectivity index (χ4n) is 11.5. The molecule has 2 saturated heterocycles. The minimum atomic E-state index is -5.37. The SMILES string of the molecule is CCCCCCCCCCCC(=O)O[C@H](CCCCCCCCCCC)CC(=O)N[C@H]1[C@H](OC[C@H]2O[C@H](OCCOP(=O)(O)OCCCCCCCCCCN)[C@H](NC(=O)C[C@H](O)CCCCCCCCCCC)[C@@H](O)[C@@H]2O)O[C@H](CO)[C@@H](OP(=O)(O)O)[C@@H]1O. The van der Waals surface area contributed by atoms with Gasteiger partial charge in [0.2, 0.25) is 11.8 Å². The zero-order valence-electron chi connectivity index (χ0n) is 55.3. The Bertz CT molecular complexity index is 1900. The molecule has 0 aromatic carbocycles. The summed E-state index contributed by atoms with van der Waals surface area (Å²) in [5, 5.41) is 61.4. The molecule has 0 aromatic rings. The lowest BCUT2D eigenvalue weighted by Gasteiger charge is -2.45. The lowest BCUT2D eigenvalue weighted by molar-refractivity contribution is -0.303. The molecule has 2 amide bonds. The first-order valence-electron chi connectivity index (χ1n) is 35.0. The molecule has 532 valence electrons. The van der Waals surface area contributed by atoms with Crippen molar-refractivity contribution in [3.8, 4) is 0 Å². The van der Waals surface area contributed by atoms with E-state index in [2.05, 4.69) is 31.4 Å². The number of esters is 1. The largest absolute Gasteiger partial charge is 0.472 e. The van der Waals surface area contributed by atoms with E-state index in [1.807, 2.05) is 0 Å². The lowest BCUT2D eigenvalue weighted by atomic mass is 9.95. The Morgan fingerprint density at radius 1 is 0.511 bits per heavy atom. The Hall–Kier alpha value is -1.77. The highest BCUT2D eigenvalue weighted by Gasteiger charge is 2.51. The average Bonchev–Trinajstić information content (AvgIpc) is 2.26. The Kier molecular flexibility index (Phi) is 49.1. The van der Waals surface area contributed by atoms with Crippen molar-refractivity contribution in [2.75, 3.05) is 39.6 Å². The standard InChI is InChI=1S/C64H125N3O21P2/c1-4-7-10-13-16-19-24-29-34-39-50(69)46-54(70)66-57-60(74)59(73)53(87-63(57)81-44-45-84-90(79,80)83-43-38-33-28-23-22-27-32-37-42-65)49-82-64-58(61(75)62(52(48-68)86-64)88-89(76,77)78)67-55(71)47-51(40-35-30-25-20-17-14-11-8-5-2)85-56(72)41-36-31-26-21-18-15-12-9-6-3/h50-53,57-64,68-69,73-75H,4-49,65H2,1-3H3,(H,66,70)(H,67,71)(H,79,80)(H2,76,77,78)/t50-,51-,52-,53-,57-,58-,59-,60-,61-,62-,63+,64-/m1/s1. The predicted octanol–water partition coefficient (Wildman–Crippen LogP) is 10.0. The molecule has 2 fully saturated rings. The van der Waals surface area contributed by atoms with Crippen molar-refractivity contribution in [1.82, 2.24) is 10.6 Å². The molecule has 0 spiro atoms. The number of phosphoric acid groups is 2. The van der Waals surface area contributed by atoms with Gasteiger partial charge in [0, 0.05) is 6.42 Å². The van der Waals surface area contributed by atoms with Gasteiger partial charge in [0.1, 0.15) is 54.8 Å². The zero-order valence-corrected chi connectivity index (χ0v) is 57.1. The average molecular weight is 1330 g/mol. The first kappa shape index (κ1) is 84.3. The molecule has 24 nitrogen and oxygen atoms in total. The van der Waals surface area contributed by atoms with Gasteiger partial charge in [0.15, 0.2) is 12.6 Å². The van der Waals surface area contributed by atoms with Crippen LogP contribution in [0.1, 0.15) is 278 Å². The molecule has 0 bridgehead atoms. The number of unbranched alkanes of at least 4 members (excludes halogenated alkanes) is 31. The third kappa shape index (κ3) is 40.6. The van der Waals surface area contributed by atoms with Crippen LogP contribution in [0, 0.1) is 0 Å². The maximum Gasteiger partial charge on any atom is 0.472 e. The van der Waals surface area contributed by atoms with Crippen molar-refractivity contribution in [3.63, 3.8) is 0 Å². The van der Waals surface area contributed by atoms with E-state index in [1.165, 1.54) is 64.2 Å². The van der Waals surface area contributed by atoms with Crippen molar-refractivity contribution in [2.45, 2.75) is 351 Å². The number of hydrogen-bond donors (Lipinski definition) is 11. The van der Waals surface area contributed by atoms with Gasteiger partial charge in [0.25, 0.3) is 0 Å². The van der Waals surface area contributed by atoms with E-state index in [0.29, 0.717) is 45.1 Å². The highest BCUT2D eigenvalue weighted by Crippen LogP contribution is 2.44. The molecule has 0 aliphatic carbocycles. The summed E-state index contributed by atoms with van der Waals surface area (Å²) < 4.78 is 70.2. The number of rotatable bonds is 59. The number of aliphatic hydroxyl groups excluding tert-OH is 5. The minimum absolute atomic E-state index is 0.0319. The van der Waals surface area contributed by atoms with Gasteiger partial charge in [-0.1, -0.05) is 220 Å². The summed E-state index contributed by atoms with van der Waals surface area (Å²) in [4.78, 5) is 71.0. The second kappa shape index (κ2) is 52.4. The van der Waals surface area contributed by atoms with Crippen LogP contribution in [0.2, 0.25) is 0 Å². The number of phosphoric ester groups is 2. The van der Waals surface area contributed by atoms with Crippen LogP contribution in [0.4, 0.5) is 0 Å². The van der Waals surface area contributed by atoms with E-state index in [1.54, 1.807) is 0 Å². The minimum Gasteiger partial charge on any atom is -0.462 e. The number of nitrogens with two attached hydrogens (primary N) is 1. The summed E-state index contributed by atoms with van der Waals surface area (Å²) in [6.07, 6.45) is 20.0. The van der Waals surface area contributed by atoms with Gasteiger partial charge in [-0.05, 0) is 45.1 Å². The highest BCUT2D eigenvalue weighted by atomic mass is 31.2. The van der Waals surface area contributed by atoms with Gasteiger partial charge in [-0.15, -0.1) is 0 Å². The summed E-state index contributed by atoms with van der Waals surface area (Å²) in [6.45, 7) is 4.49. The maximum atomic E-state index is 14.1. The van der Waals surface area contributed by atoms with E-state index in [9.17, 15) is 63.7 Å². The quantitative estimate of drug-likeness (QED) is 0.0153. The number of hydrogen-bond acceptors (Lipinski definition) is 19. The number of nitrogens with one attached hydrogen (secondary N) is 2. The number of amides is 2. The second-order valence-corrected chi connectivity index (χ2v) is 27.6. The number of ether oxygens (including phenoxy) is 5. The van der Waals surface area contributed by atoms with Crippen LogP contribution in [0.5, 0.6) is 0 Å².